The highest BCUT2D eigenvalue weighted by atomic mass is 16.7. The van der Waals surface area contributed by atoms with E-state index in [-0.39, 0.29) is 13.2 Å². The largest absolute Gasteiger partial charge is 0.464 e. The minimum Gasteiger partial charge on any atom is -0.464 e. The van der Waals surface area contributed by atoms with Crippen molar-refractivity contribution in [1.82, 2.24) is 0 Å². The molecule has 0 spiro atoms. The molecule has 6 heteroatoms. The summed E-state index contributed by atoms with van der Waals surface area (Å²) in [5.41, 5.74) is 0. The van der Waals surface area contributed by atoms with E-state index in [1.165, 1.54) is 0 Å². The average Bonchev–Trinajstić information content (AvgIpc) is 2.16. The maximum Gasteiger partial charge on any atom is 0.338 e. The minimum absolute atomic E-state index is 0.0610. The van der Waals surface area contributed by atoms with Gasteiger partial charge in [0.25, 0.3) is 0 Å². The van der Waals surface area contributed by atoms with Gasteiger partial charge in [0, 0.05) is 0 Å². The van der Waals surface area contributed by atoms with E-state index < -0.39 is 24.1 Å². The summed E-state index contributed by atoms with van der Waals surface area (Å²) >= 11 is 0. The zero-order valence-corrected chi connectivity index (χ0v) is 8.10. The van der Waals surface area contributed by atoms with Crippen LogP contribution in [0, 0.1) is 0 Å². The van der Waals surface area contributed by atoms with Crippen molar-refractivity contribution < 1.29 is 29.3 Å². The molecule has 0 rings (SSSR count). The second-order valence-electron chi connectivity index (χ2n) is 2.39. The summed E-state index contributed by atoms with van der Waals surface area (Å²) in [7, 11) is 0. The van der Waals surface area contributed by atoms with Crippen molar-refractivity contribution in [3.8, 4) is 0 Å². The SMILES string of the molecule is [13CH3][13CH2]O[13C](=O)[13C@H](O)[13C@@H](O)[13C](=O)O[13CH2][13CH3]. The normalized spacial score (nSPS) is 14.3. The lowest BCUT2D eigenvalue weighted by atomic mass is 11.1. The van der Waals surface area contributed by atoms with Gasteiger partial charge in [0.15, 0.2) is 12.2 Å². The molecule has 0 bridgehead atoms. The van der Waals surface area contributed by atoms with E-state index in [1.807, 2.05) is 0 Å². The molecule has 0 radical (unpaired) electrons. The molecule has 14 heavy (non-hydrogen) atoms. The Kier molecular flexibility index (Phi) is 5.82. The number of rotatable bonds is 5. The number of hydrogen-bond acceptors (Lipinski definition) is 6. The highest BCUT2D eigenvalue weighted by Gasteiger charge is 2.32. The van der Waals surface area contributed by atoms with E-state index in [4.69, 9.17) is 10.2 Å². The number of hydrogen-bond donors (Lipinski definition) is 2. The topological polar surface area (TPSA) is 93.1 Å². The summed E-state index contributed by atoms with van der Waals surface area (Å²) in [6.07, 6.45) is -3.79. The monoisotopic (exact) mass is 214 g/mol. The van der Waals surface area contributed by atoms with Crippen molar-refractivity contribution >= 4 is 11.9 Å². The number of carbonyl (C=O) groups excluding carboxylic acids is 2. The Hall–Kier alpha value is -1.14. The Labute approximate surface area is 81.4 Å². The van der Waals surface area contributed by atoms with Crippen molar-refractivity contribution in [1.29, 1.82) is 0 Å². The Balaban J connectivity index is 4.16. The van der Waals surface area contributed by atoms with E-state index in [2.05, 4.69) is 9.47 Å². The van der Waals surface area contributed by atoms with Gasteiger partial charge in [-0.25, -0.2) is 9.59 Å². The van der Waals surface area contributed by atoms with Crippen molar-refractivity contribution in [2.24, 2.45) is 0 Å². The lowest BCUT2D eigenvalue weighted by Crippen LogP contribution is -2.41. The fourth-order valence-corrected chi connectivity index (χ4v) is 0.713. The second kappa shape index (κ2) is 6.33. The maximum absolute atomic E-state index is 10.9. The van der Waals surface area contributed by atoms with Crippen LogP contribution in [-0.4, -0.2) is 47.6 Å². The lowest BCUT2D eigenvalue weighted by molar-refractivity contribution is -0.172. The standard InChI is InChI=1S/C8H14O6/c1-3-13-7(11)5(9)6(10)8(12)14-4-2/h5-6,9-10H,3-4H2,1-2H3/t5-,6-/m1/s1/i1+1,2+1,3+1,4+1,5+1,6+1,7+1,8+1. The molecular weight excluding hydrogens is 200 g/mol. The molecule has 0 aliphatic rings. The predicted molar refractivity (Wildman–Crippen MR) is 45.3 cm³/mol. The van der Waals surface area contributed by atoms with Crippen LogP contribution in [0.25, 0.3) is 0 Å². The van der Waals surface area contributed by atoms with Crippen molar-refractivity contribution in [3.63, 3.8) is 0 Å². The Bertz CT molecular complexity index is 180. The van der Waals surface area contributed by atoms with Gasteiger partial charge >= 0.3 is 11.9 Å². The van der Waals surface area contributed by atoms with Crippen LogP contribution in [0.5, 0.6) is 0 Å². The van der Waals surface area contributed by atoms with Crippen molar-refractivity contribution in [2.45, 2.75) is 26.1 Å². The summed E-state index contributed by atoms with van der Waals surface area (Å²) in [6, 6.07) is 0. The molecule has 0 saturated heterocycles. The van der Waals surface area contributed by atoms with Crippen LogP contribution in [0.2, 0.25) is 0 Å². The minimum atomic E-state index is -1.89. The van der Waals surface area contributed by atoms with Crippen LogP contribution in [0.3, 0.4) is 0 Å². The van der Waals surface area contributed by atoms with E-state index in [0.29, 0.717) is 0 Å². The van der Waals surface area contributed by atoms with Gasteiger partial charge in [-0.3, -0.25) is 0 Å². The molecule has 0 aromatic carbocycles. The molecule has 0 aromatic heterocycles. The van der Waals surface area contributed by atoms with Gasteiger partial charge in [0.1, 0.15) is 0 Å². The first-order valence-corrected chi connectivity index (χ1v) is 4.24. The third-order valence-electron chi connectivity index (χ3n) is 1.36. The third-order valence-corrected chi connectivity index (χ3v) is 1.36. The fourth-order valence-electron chi connectivity index (χ4n) is 0.713. The van der Waals surface area contributed by atoms with Gasteiger partial charge in [-0.1, -0.05) is 0 Å². The molecule has 0 aliphatic heterocycles. The molecule has 6 nitrogen and oxygen atoms in total. The average molecular weight is 214 g/mol. The summed E-state index contributed by atoms with van der Waals surface area (Å²) in [5.74, 6) is -2.10. The zero-order chi connectivity index (χ0) is 11.1. The molecule has 2 N–H and O–H groups in total. The van der Waals surface area contributed by atoms with Crippen LogP contribution < -0.4 is 0 Å². The number of ether oxygens (including phenoxy) is 2. The van der Waals surface area contributed by atoms with Gasteiger partial charge in [-0.15, -0.1) is 0 Å². The summed E-state index contributed by atoms with van der Waals surface area (Å²) < 4.78 is 8.79. The van der Waals surface area contributed by atoms with Gasteiger partial charge < -0.3 is 19.7 Å². The predicted octanol–water partition coefficient (Wildman–Crippen LogP) is -1.17. The van der Waals surface area contributed by atoms with Crippen LogP contribution in [0.15, 0.2) is 0 Å². The zero-order valence-electron chi connectivity index (χ0n) is 8.10. The first-order chi connectivity index (χ1) is 6.54. The molecular formula is C8H14O6. The molecule has 0 heterocycles. The summed E-state index contributed by atoms with van der Waals surface area (Å²) in [6.45, 7) is 3.21. The molecule has 0 aromatic rings. The Morgan fingerprint density at radius 3 is 1.50 bits per heavy atom. The van der Waals surface area contributed by atoms with Crippen LogP contribution in [0.1, 0.15) is 13.8 Å². The van der Waals surface area contributed by atoms with Gasteiger partial charge in [-0.05, 0) is 13.8 Å². The smallest absolute Gasteiger partial charge is 0.338 e. The van der Waals surface area contributed by atoms with E-state index in [9.17, 15) is 9.59 Å². The Morgan fingerprint density at radius 2 is 1.29 bits per heavy atom. The second-order valence-corrected chi connectivity index (χ2v) is 2.39. The molecule has 0 unspecified atom stereocenters. The lowest BCUT2D eigenvalue weighted by Gasteiger charge is -2.14. The number of esters is 2. The van der Waals surface area contributed by atoms with Gasteiger partial charge in [-0.2, -0.15) is 0 Å². The molecule has 82 valence electrons. The van der Waals surface area contributed by atoms with Crippen LogP contribution >= 0.6 is 0 Å². The van der Waals surface area contributed by atoms with Crippen LogP contribution in [0.4, 0.5) is 0 Å². The molecule has 0 aliphatic carbocycles. The summed E-state index contributed by atoms with van der Waals surface area (Å²) in [4.78, 5) is 21.7. The molecule has 0 saturated carbocycles. The third kappa shape index (κ3) is 3.71. The quantitative estimate of drug-likeness (QED) is 0.442. The van der Waals surface area contributed by atoms with Crippen LogP contribution in [-0.2, 0) is 19.1 Å². The van der Waals surface area contributed by atoms with Crippen molar-refractivity contribution in [2.75, 3.05) is 13.2 Å². The number of aliphatic hydroxyl groups excluding tert-OH is 2. The number of carbonyl (C=O) groups is 2. The molecule has 0 amide bonds. The highest BCUT2D eigenvalue weighted by molar-refractivity contribution is 5.85. The highest BCUT2D eigenvalue weighted by Crippen LogP contribution is 1.99. The number of aliphatic hydroxyl groups is 2. The summed E-state index contributed by atoms with van der Waals surface area (Å²) in [5, 5.41) is 18.2. The van der Waals surface area contributed by atoms with Gasteiger partial charge in [0.05, 0.1) is 13.2 Å². The molecule has 0 fully saturated rings. The first kappa shape index (κ1) is 12.9. The van der Waals surface area contributed by atoms with E-state index in [1.54, 1.807) is 13.8 Å². The van der Waals surface area contributed by atoms with E-state index in [0.717, 1.165) is 0 Å². The first-order valence-electron chi connectivity index (χ1n) is 4.24. The fraction of sp³-hybridized carbons (Fsp3) is 0.750. The molecule has 2 atom stereocenters. The van der Waals surface area contributed by atoms with E-state index >= 15 is 0 Å². The van der Waals surface area contributed by atoms with Gasteiger partial charge in [0.2, 0.25) is 0 Å². The Morgan fingerprint density at radius 1 is 1.00 bits per heavy atom. The van der Waals surface area contributed by atoms with Crippen molar-refractivity contribution in [3.05, 3.63) is 0 Å². The maximum atomic E-state index is 10.9.